The molecule has 5 heteroatoms. The quantitative estimate of drug-likeness (QED) is 0.807. The summed E-state index contributed by atoms with van der Waals surface area (Å²) in [6.45, 7) is 4.09. The highest BCUT2D eigenvalue weighted by Crippen LogP contribution is 2.32. The Morgan fingerprint density at radius 3 is 2.73 bits per heavy atom. The van der Waals surface area contributed by atoms with Gasteiger partial charge in [-0.1, -0.05) is 19.0 Å². The Morgan fingerprint density at radius 1 is 1.33 bits per heavy atom. The maximum absolute atomic E-state index is 5.74. The molecule has 0 aromatic carbocycles. The summed E-state index contributed by atoms with van der Waals surface area (Å²) in [4.78, 5) is 0. The van der Waals surface area contributed by atoms with Gasteiger partial charge < -0.3 is 10.3 Å². The van der Waals surface area contributed by atoms with Crippen molar-refractivity contribution in [3.8, 4) is 11.3 Å². The number of nitrogens with two attached hydrogens (primary N) is 1. The Morgan fingerprint density at radius 2 is 2.13 bits per heavy atom. The van der Waals surface area contributed by atoms with Crippen LogP contribution in [0.3, 0.4) is 0 Å². The van der Waals surface area contributed by atoms with Crippen LogP contribution in [-0.4, -0.2) is 15.4 Å². The number of nitrogens with zero attached hydrogens (tertiary/aromatic N) is 3. The first kappa shape index (κ1) is 9.64. The molecular weight excluding hydrogens is 192 g/mol. The smallest absolute Gasteiger partial charge is 0.174 e. The topological polar surface area (TPSA) is 77.8 Å². The lowest BCUT2D eigenvalue weighted by atomic mass is 10.0. The van der Waals surface area contributed by atoms with Crippen molar-refractivity contribution >= 4 is 5.82 Å². The minimum Gasteiger partial charge on any atom is -0.381 e. The third-order valence-corrected chi connectivity index (χ3v) is 2.18. The minimum absolute atomic E-state index is 0.263. The Hall–Kier alpha value is -1.91. The third kappa shape index (κ3) is 1.68. The molecule has 2 rings (SSSR count). The first-order chi connectivity index (χ1) is 7.20. The number of rotatable bonds is 2. The third-order valence-electron chi connectivity index (χ3n) is 2.18. The zero-order valence-electron chi connectivity index (χ0n) is 8.64. The van der Waals surface area contributed by atoms with Crippen molar-refractivity contribution in [2.45, 2.75) is 19.8 Å². The van der Waals surface area contributed by atoms with Crippen LogP contribution in [0.15, 0.2) is 23.0 Å². The molecule has 2 aromatic rings. The normalized spacial score (nSPS) is 10.9. The van der Waals surface area contributed by atoms with Gasteiger partial charge in [-0.3, -0.25) is 0 Å². The highest BCUT2D eigenvalue weighted by molar-refractivity contribution is 5.65. The van der Waals surface area contributed by atoms with Crippen molar-refractivity contribution in [1.29, 1.82) is 0 Å². The fourth-order valence-corrected chi connectivity index (χ4v) is 1.50. The van der Waals surface area contributed by atoms with E-state index in [1.165, 1.54) is 0 Å². The van der Waals surface area contributed by atoms with Crippen molar-refractivity contribution < 1.29 is 4.52 Å². The van der Waals surface area contributed by atoms with Gasteiger partial charge in [0.1, 0.15) is 0 Å². The van der Waals surface area contributed by atoms with Gasteiger partial charge in [0.2, 0.25) is 0 Å². The van der Waals surface area contributed by atoms with Crippen LogP contribution < -0.4 is 5.73 Å². The zero-order valence-corrected chi connectivity index (χ0v) is 8.64. The van der Waals surface area contributed by atoms with Crippen LogP contribution in [0.5, 0.6) is 0 Å². The fraction of sp³-hybridized carbons (Fsp3) is 0.300. The SMILES string of the molecule is CC(C)c1c(N)noc1-c1ccnnc1. The van der Waals surface area contributed by atoms with E-state index in [-0.39, 0.29) is 5.92 Å². The summed E-state index contributed by atoms with van der Waals surface area (Å²) in [5.41, 5.74) is 7.50. The molecule has 15 heavy (non-hydrogen) atoms. The van der Waals surface area contributed by atoms with Gasteiger partial charge in [0.15, 0.2) is 11.6 Å². The Bertz CT molecular complexity index is 450. The fourth-order valence-electron chi connectivity index (χ4n) is 1.50. The molecule has 0 spiro atoms. The van der Waals surface area contributed by atoms with E-state index in [1.54, 1.807) is 12.4 Å². The number of nitrogen functional groups attached to an aromatic ring is 1. The van der Waals surface area contributed by atoms with E-state index in [0.717, 1.165) is 11.1 Å². The molecule has 0 aliphatic heterocycles. The molecule has 0 atom stereocenters. The van der Waals surface area contributed by atoms with Crippen molar-refractivity contribution in [2.75, 3.05) is 5.73 Å². The molecule has 0 radical (unpaired) electrons. The lowest BCUT2D eigenvalue weighted by Crippen LogP contribution is -1.95. The lowest BCUT2D eigenvalue weighted by Gasteiger charge is -2.04. The Balaban J connectivity index is 2.54. The second-order valence-corrected chi connectivity index (χ2v) is 3.60. The monoisotopic (exact) mass is 204 g/mol. The van der Waals surface area contributed by atoms with E-state index in [0.29, 0.717) is 11.6 Å². The summed E-state index contributed by atoms with van der Waals surface area (Å²) < 4.78 is 5.20. The van der Waals surface area contributed by atoms with Gasteiger partial charge in [0.05, 0.1) is 12.4 Å². The van der Waals surface area contributed by atoms with Crippen LogP contribution in [0.25, 0.3) is 11.3 Å². The van der Waals surface area contributed by atoms with E-state index in [1.807, 2.05) is 19.9 Å². The van der Waals surface area contributed by atoms with Crippen LogP contribution in [-0.2, 0) is 0 Å². The molecule has 2 aromatic heterocycles. The molecule has 0 aliphatic rings. The number of hydrogen-bond acceptors (Lipinski definition) is 5. The summed E-state index contributed by atoms with van der Waals surface area (Å²) in [6.07, 6.45) is 3.24. The molecular formula is C10H12N4O. The second-order valence-electron chi connectivity index (χ2n) is 3.60. The molecule has 0 amide bonds. The molecule has 0 bridgehead atoms. The van der Waals surface area contributed by atoms with Gasteiger partial charge in [-0.15, -0.1) is 0 Å². The first-order valence-corrected chi connectivity index (χ1v) is 4.72. The predicted molar refractivity (Wildman–Crippen MR) is 56.0 cm³/mol. The van der Waals surface area contributed by atoms with Gasteiger partial charge in [-0.25, -0.2) is 0 Å². The molecule has 2 N–H and O–H groups in total. The summed E-state index contributed by atoms with van der Waals surface area (Å²) >= 11 is 0. The second kappa shape index (κ2) is 3.68. The molecule has 0 saturated heterocycles. The van der Waals surface area contributed by atoms with Crippen LogP contribution in [0.2, 0.25) is 0 Å². The molecule has 2 heterocycles. The Kier molecular flexibility index (Phi) is 2.37. The maximum atomic E-state index is 5.74. The first-order valence-electron chi connectivity index (χ1n) is 4.72. The minimum atomic E-state index is 0.263. The molecule has 0 unspecified atom stereocenters. The van der Waals surface area contributed by atoms with Crippen LogP contribution in [0.4, 0.5) is 5.82 Å². The van der Waals surface area contributed by atoms with Crippen molar-refractivity contribution in [3.63, 3.8) is 0 Å². The van der Waals surface area contributed by atoms with Crippen LogP contribution in [0, 0.1) is 0 Å². The largest absolute Gasteiger partial charge is 0.381 e. The van der Waals surface area contributed by atoms with Gasteiger partial charge in [0.25, 0.3) is 0 Å². The van der Waals surface area contributed by atoms with Gasteiger partial charge in [0, 0.05) is 11.1 Å². The predicted octanol–water partition coefficient (Wildman–Crippen LogP) is 1.84. The summed E-state index contributed by atoms with van der Waals surface area (Å²) in [5, 5.41) is 11.3. The van der Waals surface area contributed by atoms with Crippen LogP contribution >= 0.6 is 0 Å². The summed E-state index contributed by atoms with van der Waals surface area (Å²) in [5.74, 6) is 1.38. The van der Waals surface area contributed by atoms with E-state index in [9.17, 15) is 0 Å². The summed E-state index contributed by atoms with van der Waals surface area (Å²) in [7, 11) is 0. The van der Waals surface area contributed by atoms with Gasteiger partial charge >= 0.3 is 0 Å². The maximum Gasteiger partial charge on any atom is 0.174 e. The van der Waals surface area contributed by atoms with Crippen LogP contribution in [0.1, 0.15) is 25.3 Å². The molecule has 5 nitrogen and oxygen atoms in total. The highest BCUT2D eigenvalue weighted by atomic mass is 16.5. The lowest BCUT2D eigenvalue weighted by molar-refractivity contribution is 0.434. The molecule has 0 aliphatic carbocycles. The average Bonchev–Trinajstić information content (AvgIpc) is 2.61. The van der Waals surface area contributed by atoms with Gasteiger partial charge in [-0.2, -0.15) is 10.2 Å². The van der Waals surface area contributed by atoms with E-state index >= 15 is 0 Å². The molecule has 78 valence electrons. The van der Waals surface area contributed by atoms with E-state index in [2.05, 4.69) is 15.4 Å². The van der Waals surface area contributed by atoms with E-state index < -0.39 is 0 Å². The van der Waals surface area contributed by atoms with Gasteiger partial charge in [-0.05, 0) is 12.0 Å². The standard InChI is InChI=1S/C10H12N4O/c1-6(2)8-9(15-14-10(8)11)7-3-4-12-13-5-7/h3-6H,1-2H3,(H2,11,14). The number of hydrogen-bond donors (Lipinski definition) is 1. The van der Waals surface area contributed by atoms with Crippen molar-refractivity contribution in [2.24, 2.45) is 0 Å². The van der Waals surface area contributed by atoms with Crippen molar-refractivity contribution in [1.82, 2.24) is 15.4 Å². The van der Waals surface area contributed by atoms with E-state index in [4.69, 9.17) is 10.3 Å². The molecule has 0 fully saturated rings. The molecule has 0 saturated carbocycles. The highest BCUT2D eigenvalue weighted by Gasteiger charge is 2.18. The average molecular weight is 204 g/mol. The number of aromatic nitrogens is 3. The van der Waals surface area contributed by atoms with Crippen molar-refractivity contribution in [3.05, 3.63) is 24.0 Å². The number of anilines is 1. The Labute approximate surface area is 87.3 Å². The zero-order chi connectivity index (χ0) is 10.8. The summed E-state index contributed by atoms with van der Waals surface area (Å²) in [6, 6.07) is 1.82.